The summed E-state index contributed by atoms with van der Waals surface area (Å²) in [7, 11) is 0. The van der Waals surface area contributed by atoms with E-state index in [-0.39, 0.29) is 43.3 Å². The minimum atomic E-state index is -0.524. The lowest BCUT2D eigenvalue weighted by molar-refractivity contribution is -0.130. The molecule has 1 heterocycles. The van der Waals surface area contributed by atoms with E-state index in [1.807, 2.05) is 0 Å². The zero-order chi connectivity index (χ0) is 19.4. The van der Waals surface area contributed by atoms with E-state index in [0.29, 0.717) is 11.8 Å². The van der Waals surface area contributed by atoms with Crippen LogP contribution in [0.2, 0.25) is 0 Å². The summed E-state index contributed by atoms with van der Waals surface area (Å²) in [6, 6.07) is 5.65. The number of carbonyl (C=O) groups is 2. The third-order valence-corrected chi connectivity index (χ3v) is 5.74. The number of aliphatic hydroxyl groups is 1. The first-order valence-corrected chi connectivity index (χ1v) is 9.69. The Kier molecular flexibility index (Phi) is 6.31. The van der Waals surface area contributed by atoms with Gasteiger partial charge in [0.25, 0.3) is 0 Å². The molecule has 3 rings (SSSR count). The van der Waals surface area contributed by atoms with E-state index in [0.717, 1.165) is 25.7 Å². The van der Waals surface area contributed by atoms with E-state index in [2.05, 4.69) is 17.6 Å². The largest absolute Gasteiger partial charge is 0.395 e. The fourth-order valence-corrected chi connectivity index (χ4v) is 4.30. The zero-order valence-electron chi connectivity index (χ0n) is 15.7. The van der Waals surface area contributed by atoms with Crippen LogP contribution in [-0.2, 0) is 4.79 Å². The van der Waals surface area contributed by atoms with Crippen molar-refractivity contribution in [3.05, 3.63) is 30.1 Å². The molecule has 1 aliphatic heterocycles. The number of piperidine rings is 1. The standard InChI is InChI=1S/C20H28FN3O3/c1-13-6-7-17-14(10-13)11-15(19(26)22-17)12-24(8-9-25)20(27)23-18-5-3-2-4-16(18)21/h2-5,13-15,17,25H,6-12H2,1H3,(H,22,26)(H,23,27). The van der Waals surface area contributed by atoms with Crippen molar-refractivity contribution in [3.8, 4) is 0 Å². The van der Waals surface area contributed by atoms with Gasteiger partial charge in [0.15, 0.2) is 0 Å². The highest BCUT2D eigenvalue weighted by Gasteiger charge is 2.39. The lowest BCUT2D eigenvalue weighted by atomic mass is 9.72. The van der Waals surface area contributed by atoms with Crippen LogP contribution >= 0.6 is 0 Å². The minimum absolute atomic E-state index is 0.0348. The number of hydrogen-bond donors (Lipinski definition) is 3. The number of nitrogens with zero attached hydrogens (tertiary/aromatic N) is 1. The smallest absolute Gasteiger partial charge is 0.322 e. The number of benzene rings is 1. The third kappa shape index (κ3) is 4.77. The van der Waals surface area contributed by atoms with Crippen LogP contribution in [0.3, 0.4) is 0 Å². The van der Waals surface area contributed by atoms with Crippen LogP contribution in [-0.4, -0.2) is 47.7 Å². The number of rotatable bonds is 5. The second-order valence-electron chi connectivity index (χ2n) is 7.81. The number of urea groups is 1. The van der Waals surface area contributed by atoms with Crippen LogP contribution in [0.25, 0.3) is 0 Å². The molecule has 1 aliphatic carbocycles. The molecule has 0 bridgehead atoms. The zero-order valence-corrected chi connectivity index (χ0v) is 15.7. The number of aliphatic hydroxyl groups excluding tert-OH is 1. The van der Waals surface area contributed by atoms with Gasteiger partial charge in [-0.25, -0.2) is 9.18 Å². The number of fused-ring (bicyclic) bond motifs is 1. The van der Waals surface area contributed by atoms with Gasteiger partial charge in [-0.15, -0.1) is 0 Å². The second-order valence-corrected chi connectivity index (χ2v) is 7.81. The van der Waals surface area contributed by atoms with E-state index in [9.17, 15) is 19.1 Å². The van der Waals surface area contributed by atoms with E-state index in [1.165, 1.54) is 17.0 Å². The molecular weight excluding hydrogens is 349 g/mol. The summed E-state index contributed by atoms with van der Waals surface area (Å²) in [6.07, 6.45) is 3.98. The Morgan fingerprint density at radius 2 is 2.11 bits per heavy atom. The molecule has 148 valence electrons. The Balaban J connectivity index is 1.65. The first kappa shape index (κ1) is 19.6. The van der Waals surface area contributed by atoms with E-state index in [1.54, 1.807) is 12.1 Å². The molecule has 1 aromatic rings. The van der Waals surface area contributed by atoms with Gasteiger partial charge in [-0.2, -0.15) is 0 Å². The van der Waals surface area contributed by atoms with Gasteiger partial charge in [-0.1, -0.05) is 19.1 Å². The number of anilines is 1. The summed E-state index contributed by atoms with van der Waals surface area (Å²) in [6.45, 7) is 2.32. The van der Waals surface area contributed by atoms with E-state index < -0.39 is 11.8 Å². The molecule has 7 heteroatoms. The molecule has 6 nitrogen and oxygen atoms in total. The van der Waals surface area contributed by atoms with Gasteiger partial charge in [0.2, 0.25) is 5.91 Å². The normalized spacial score (nSPS) is 27.4. The fourth-order valence-electron chi connectivity index (χ4n) is 4.30. The Hall–Kier alpha value is -2.15. The monoisotopic (exact) mass is 377 g/mol. The van der Waals surface area contributed by atoms with Gasteiger partial charge in [0, 0.05) is 19.1 Å². The SMILES string of the molecule is CC1CCC2NC(=O)C(CN(CCO)C(=O)Nc3ccccc3F)CC2C1. The highest BCUT2D eigenvalue weighted by molar-refractivity contribution is 5.90. The molecular formula is C20H28FN3O3. The van der Waals surface area contributed by atoms with Crippen molar-refractivity contribution in [1.82, 2.24) is 10.2 Å². The van der Waals surface area contributed by atoms with Crippen LogP contribution in [0.1, 0.15) is 32.6 Å². The summed E-state index contributed by atoms with van der Waals surface area (Å²) in [5, 5.41) is 15.0. The number of para-hydroxylation sites is 1. The molecule has 3 amide bonds. The third-order valence-electron chi connectivity index (χ3n) is 5.74. The summed E-state index contributed by atoms with van der Waals surface area (Å²) in [5.74, 6) is 0.216. The van der Waals surface area contributed by atoms with Gasteiger partial charge in [-0.05, 0) is 49.7 Å². The highest BCUT2D eigenvalue weighted by Crippen LogP contribution is 2.36. The van der Waals surface area contributed by atoms with Gasteiger partial charge in [0.1, 0.15) is 5.82 Å². The first-order valence-electron chi connectivity index (χ1n) is 9.69. The fraction of sp³-hybridized carbons (Fsp3) is 0.600. The molecule has 3 N–H and O–H groups in total. The van der Waals surface area contributed by atoms with E-state index >= 15 is 0 Å². The Morgan fingerprint density at radius 1 is 1.33 bits per heavy atom. The van der Waals surface area contributed by atoms with Crippen LogP contribution in [0, 0.1) is 23.6 Å². The predicted octanol–water partition coefficient (Wildman–Crippen LogP) is 2.59. The summed E-state index contributed by atoms with van der Waals surface area (Å²) >= 11 is 0. The number of nitrogens with one attached hydrogen (secondary N) is 2. The molecule has 0 aromatic heterocycles. The van der Waals surface area contributed by atoms with Gasteiger partial charge in [-0.3, -0.25) is 4.79 Å². The Morgan fingerprint density at radius 3 is 2.85 bits per heavy atom. The van der Waals surface area contributed by atoms with Crippen molar-refractivity contribution in [2.75, 3.05) is 25.0 Å². The lowest BCUT2D eigenvalue weighted by Gasteiger charge is -2.42. The topological polar surface area (TPSA) is 81.7 Å². The number of halogens is 1. The maximum atomic E-state index is 13.8. The van der Waals surface area contributed by atoms with Gasteiger partial charge in [0.05, 0.1) is 18.2 Å². The molecule has 1 saturated heterocycles. The molecule has 4 unspecified atom stereocenters. The predicted molar refractivity (Wildman–Crippen MR) is 101 cm³/mol. The molecule has 1 aromatic carbocycles. The first-order chi connectivity index (χ1) is 13.0. The Bertz CT molecular complexity index is 684. The van der Waals surface area contributed by atoms with Crippen LogP contribution in [0.4, 0.5) is 14.9 Å². The molecule has 4 atom stereocenters. The molecule has 0 radical (unpaired) electrons. The van der Waals surface area contributed by atoms with Crippen LogP contribution in [0.5, 0.6) is 0 Å². The highest BCUT2D eigenvalue weighted by atomic mass is 19.1. The summed E-state index contributed by atoms with van der Waals surface area (Å²) < 4.78 is 13.8. The van der Waals surface area contributed by atoms with Gasteiger partial charge < -0.3 is 20.6 Å². The molecule has 2 aliphatic rings. The average molecular weight is 377 g/mol. The van der Waals surface area contributed by atoms with Crippen molar-refractivity contribution in [1.29, 1.82) is 0 Å². The summed E-state index contributed by atoms with van der Waals surface area (Å²) in [4.78, 5) is 26.5. The average Bonchev–Trinajstić information content (AvgIpc) is 2.64. The molecule has 27 heavy (non-hydrogen) atoms. The minimum Gasteiger partial charge on any atom is -0.395 e. The molecule has 1 saturated carbocycles. The van der Waals surface area contributed by atoms with E-state index in [4.69, 9.17) is 0 Å². The van der Waals surface area contributed by atoms with Crippen molar-refractivity contribution >= 4 is 17.6 Å². The second kappa shape index (κ2) is 8.69. The number of hydrogen-bond acceptors (Lipinski definition) is 3. The summed E-state index contributed by atoms with van der Waals surface area (Å²) in [5.41, 5.74) is 0.0831. The van der Waals surface area contributed by atoms with Crippen molar-refractivity contribution in [2.24, 2.45) is 17.8 Å². The molecule has 0 spiro atoms. The van der Waals surface area contributed by atoms with Gasteiger partial charge >= 0.3 is 6.03 Å². The maximum absolute atomic E-state index is 13.8. The number of amides is 3. The van der Waals surface area contributed by atoms with Crippen molar-refractivity contribution in [3.63, 3.8) is 0 Å². The molecule has 2 fully saturated rings. The van der Waals surface area contributed by atoms with Crippen LogP contribution < -0.4 is 10.6 Å². The Labute approximate surface area is 159 Å². The lowest BCUT2D eigenvalue weighted by Crippen LogP contribution is -2.54. The van der Waals surface area contributed by atoms with Crippen LogP contribution in [0.15, 0.2) is 24.3 Å². The van der Waals surface area contributed by atoms with Crippen molar-refractivity contribution < 1.29 is 19.1 Å². The van der Waals surface area contributed by atoms with Crippen molar-refractivity contribution in [2.45, 2.75) is 38.6 Å². The maximum Gasteiger partial charge on any atom is 0.322 e. The number of carbonyl (C=O) groups excluding carboxylic acids is 2. The quantitative estimate of drug-likeness (QED) is 0.738.